The van der Waals surface area contributed by atoms with Crippen molar-refractivity contribution in [2.24, 2.45) is 0 Å². The number of hydrogen-bond acceptors (Lipinski definition) is 5. The first kappa shape index (κ1) is 19.1. The van der Waals surface area contributed by atoms with Crippen molar-refractivity contribution in [2.45, 2.75) is 23.8 Å². The van der Waals surface area contributed by atoms with E-state index in [1.165, 1.54) is 4.09 Å². The molecule has 1 saturated heterocycles. The summed E-state index contributed by atoms with van der Waals surface area (Å²) in [7, 11) is -1.76. The van der Waals surface area contributed by atoms with E-state index >= 15 is 0 Å². The lowest BCUT2D eigenvalue weighted by Crippen LogP contribution is -2.41. The Labute approximate surface area is 176 Å². The minimum Gasteiger partial charge on any atom is -0.371 e. The number of aromatic nitrogens is 2. The number of benzene rings is 3. The Hall–Kier alpha value is -2.90. The Morgan fingerprint density at radius 1 is 1.00 bits per heavy atom. The minimum absolute atomic E-state index is 0.266. The van der Waals surface area contributed by atoms with Crippen LogP contribution in [0, 0.1) is 0 Å². The van der Waals surface area contributed by atoms with Crippen LogP contribution >= 0.6 is 0 Å². The maximum absolute atomic E-state index is 13.6. The third-order valence-electron chi connectivity index (χ3n) is 6.04. The van der Waals surface area contributed by atoms with Crippen molar-refractivity contribution >= 4 is 37.4 Å². The van der Waals surface area contributed by atoms with Gasteiger partial charge < -0.3 is 10.2 Å². The third kappa shape index (κ3) is 3.14. The molecular weight excluding hydrogens is 396 g/mol. The lowest BCUT2D eigenvalue weighted by molar-refractivity contribution is 0.443. The van der Waals surface area contributed by atoms with Gasteiger partial charge in [-0.15, -0.1) is 0 Å². The second kappa shape index (κ2) is 7.41. The van der Waals surface area contributed by atoms with Crippen molar-refractivity contribution in [2.75, 3.05) is 25.0 Å². The third-order valence-corrected chi connectivity index (χ3v) is 7.70. The quantitative estimate of drug-likeness (QED) is 0.546. The second-order valence-corrected chi connectivity index (χ2v) is 9.54. The Morgan fingerprint density at radius 3 is 2.60 bits per heavy atom. The summed E-state index contributed by atoms with van der Waals surface area (Å²) < 4.78 is 28.3. The highest BCUT2D eigenvalue weighted by atomic mass is 32.2. The number of piperidine rings is 1. The maximum Gasteiger partial charge on any atom is 0.284 e. The summed E-state index contributed by atoms with van der Waals surface area (Å²) in [6, 6.07) is 19.2. The monoisotopic (exact) mass is 420 g/mol. The maximum atomic E-state index is 13.6. The Morgan fingerprint density at radius 2 is 1.77 bits per heavy atom. The zero-order valence-corrected chi connectivity index (χ0v) is 17.6. The second-order valence-electron chi connectivity index (χ2n) is 7.81. The Balaban J connectivity index is 1.61. The molecule has 0 spiro atoms. The van der Waals surface area contributed by atoms with E-state index < -0.39 is 10.0 Å². The molecule has 1 N–H and O–H groups in total. The van der Waals surface area contributed by atoms with Crippen molar-refractivity contribution < 1.29 is 8.42 Å². The minimum atomic E-state index is -3.84. The molecular formula is C23H24N4O2S. The van der Waals surface area contributed by atoms with Gasteiger partial charge in [-0.1, -0.05) is 36.4 Å². The first-order chi connectivity index (χ1) is 14.6. The summed E-state index contributed by atoms with van der Waals surface area (Å²) in [5, 5.41) is 10.0. The van der Waals surface area contributed by atoms with Gasteiger partial charge in [0.15, 0.2) is 0 Å². The zero-order chi connectivity index (χ0) is 20.7. The summed E-state index contributed by atoms with van der Waals surface area (Å²) in [6.07, 6.45) is 3.76. The highest BCUT2D eigenvalue weighted by Crippen LogP contribution is 2.29. The van der Waals surface area contributed by atoms with Crippen molar-refractivity contribution in [3.63, 3.8) is 0 Å². The normalized spacial score (nSPS) is 15.6. The molecule has 1 aliphatic rings. The molecule has 2 heterocycles. The van der Waals surface area contributed by atoms with Gasteiger partial charge in [0.2, 0.25) is 0 Å². The molecule has 154 valence electrons. The Kier molecular flexibility index (Phi) is 4.72. The molecule has 0 saturated carbocycles. The van der Waals surface area contributed by atoms with Crippen molar-refractivity contribution in [1.29, 1.82) is 0 Å². The Bertz CT molecular complexity index is 1320. The molecule has 4 aromatic rings. The standard InChI is InChI=1S/C23H24N4O2S/c1-26(19-11-13-24-14-12-19)20-10-9-18-16-25-27(22(18)15-20)30(28,29)23-8-4-6-17-5-2-3-7-21(17)23/h2-10,15-16,19,24H,11-14H2,1H3. The fraction of sp³-hybridized carbons (Fsp3) is 0.261. The average Bonchev–Trinajstić information content (AvgIpc) is 3.23. The van der Waals surface area contributed by atoms with E-state index in [1.807, 2.05) is 48.5 Å². The van der Waals surface area contributed by atoms with Crippen LogP contribution in [0.15, 0.2) is 71.8 Å². The first-order valence-corrected chi connectivity index (χ1v) is 11.6. The highest BCUT2D eigenvalue weighted by molar-refractivity contribution is 7.90. The number of anilines is 1. The van der Waals surface area contributed by atoms with Crippen LogP contribution in [0.25, 0.3) is 21.7 Å². The molecule has 0 atom stereocenters. The molecule has 0 radical (unpaired) electrons. The fourth-order valence-electron chi connectivity index (χ4n) is 4.31. The number of nitrogens with zero attached hydrogens (tertiary/aromatic N) is 3. The van der Waals surface area contributed by atoms with E-state index in [1.54, 1.807) is 18.3 Å². The van der Waals surface area contributed by atoms with Gasteiger partial charge in [0.1, 0.15) is 0 Å². The largest absolute Gasteiger partial charge is 0.371 e. The van der Waals surface area contributed by atoms with Crippen LogP contribution in [-0.2, 0) is 10.0 Å². The van der Waals surface area contributed by atoms with Crippen LogP contribution in [-0.4, -0.2) is 43.8 Å². The van der Waals surface area contributed by atoms with Crippen molar-refractivity contribution in [3.05, 3.63) is 66.9 Å². The molecule has 0 aliphatic carbocycles. The number of fused-ring (bicyclic) bond motifs is 2. The predicted molar refractivity (Wildman–Crippen MR) is 121 cm³/mol. The number of hydrogen-bond donors (Lipinski definition) is 1. The zero-order valence-electron chi connectivity index (χ0n) is 16.8. The number of rotatable bonds is 4. The molecule has 0 unspecified atom stereocenters. The summed E-state index contributed by atoms with van der Waals surface area (Å²) in [6.45, 7) is 2.01. The van der Waals surface area contributed by atoms with Crippen LogP contribution < -0.4 is 10.2 Å². The van der Waals surface area contributed by atoms with Gasteiger partial charge in [-0.2, -0.15) is 17.6 Å². The molecule has 5 rings (SSSR count). The molecule has 7 heteroatoms. The summed E-state index contributed by atoms with van der Waals surface area (Å²) in [4.78, 5) is 2.52. The lowest BCUT2D eigenvalue weighted by atomic mass is 10.0. The molecule has 30 heavy (non-hydrogen) atoms. The molecule has 0 amide bonds. The highest BCUT2D eigenvalue weighted by Gasteiger charge is 2.24. The van der Waals surface area contributed by atoms with Gasteiger partial charge in [0.05, 0.1) is 16.6 Å². The average molecular weight is 421 g/mol. The molecule has 1 aromatic heterocycles. The SMILES string of the molecule is CN(c1ccc2cnn(S(=O)(=O)c3cccc4ccccc34)c2c1)C1CCNCC1. The van der Waals surface area contributed by atoms with Gasteiger partial charge in [-0.05, 0) is 55.6 Å². The van der Waals surface area contributed by atoms with Crippen molar-refractivity contribution in [1.82, 2.24) is 14.5 Å². The smallest absolute Gasteiger partial charge is 0.284 e. The molecule has 3 aromatic carbocycles. The molecule has 6 nitrogen and oxygen atoms in total. The summed E-state index contributed by atoms with van der Waals surface area (Å²) >= 11 is 0. The van der Waals surface area contributed by atoms with Crippen molar-refractivity contribution in [3.8, 4) is 0 Å². The van der Waals surface area contributed by atoms with Gasteiger partial charge >= 0.3 is 0 Å². The van der Waals surface area contributed by atoms with E-state index in [0.717, 1.165) is 42.4 Å². The molecule has 1 fully saturated rings. The summed E-state index contributed by atoms with van der Waals surface area (Å²) in [5.74, 6) is 0. The van der Waals surface area contributed by atoms with Gasteiger partial charge in [0, 0.05) is 29.5 Å². The van der Waals surface area contributed by atoms with E-state index in [9.17, 15) is 8.42 Å². The van der Waals surface area contributed by atoms with Crippen LogP contribution in [0.2, 0.25) is 0 Å². The molecule has 1 aliphatic heterocycles. The lowest BCUT2D eigenvalue weighted by Gasteiger charge is -2.33. The fourth-order valence-corrected chi connectivity index (χ4v) is 5.80. The number of nitrogens with one attached hydrogen (secondary N) is 1. The summed E-state index contributed by atoms with van der Waals surface area (Å²) in [5.41, 5.74) is 1.60. The van der Waals surface area contributed by atoms with Crippen LogP contribution in [0.4, 0.5) is 5.69 Å². The predicted octanol–water partition coefficient (Wildman–Crippen LogP) is 3.61. The first-order valence-electron chi connectivity index (χ1n) is 10.2. The van der Waals surface area contributed by atoms with E-state index in [0.29, 0.717) is 16.9 Å². The van der Waals surface area contributed by atoms with Gasteiger partial charge in [-0.25, -0.2) is 0 Å². The van der Waals surface area contributed by atoms with Gasteiger partial charge in [-0.3, -0.25) is 0 Å². The molecule has 0 bridgehead atoms. The van der Waals surface area contributed by atoms with Crippen LogP contribution in [0.3, 0.4) is 0 Å². The van der Waals surface area contributed by atoms with Crippen LogP contribution in [0.5, 0.6) is 0 Å². The van der Waals surface area contributed by atoms with Gasteiger partial charge in [0.25, 0.3) is 10.0 Å². The van der Waals surface area contributed by atoms with E-state index in [2.05, 4.69) is 22.4 Å². The van der Waals surface area contributed by atoms with E-state index in [4.69, 9.17) is 0 Å². The van der Waals surface area contributed by atoms with Crippen LogP contribution in [0.1, 0.15) is 12.8 Å². The topological polar surface area (TPSA) is 67.2 Å². The van der Waals surface area contributed by atoms with E-state index in [-0.39, 0.29) is 4.90 Å².